The monoisotopic (exact) mass is 473 g/mol. The zero-order chi connectivity index (χ0) is 20.2. The van der Waals surface area contributed by atoms with E-state index in [0.29, 0.717) is 21.1 Å². The number of fused-ring (bicyclic) bond motifs is 4. The first-order valence-corrected chi connectivity index (χ1v) is 10.9. The molecule has 144 valence electrons. The molecule has 3 nitrogen and oxygen atoms in total. The minimum atomic E-state index is -0.313. The van der Waals surface area contributed by atoms with E-state index in [2.05, 4.69) is 77.8 Å². The van der Waals surface area contributed by atoms with E-state index in [1.807, 2.05) is 24.3 Å². The third-order valence-electron chi connectivity index (χ3n) is 5.44. The van der Waals surface area contributed by atoms with Crippen LogP contribution in [-0.2, 0) is 0 Å². The van der Waals surface area contributed by atoms with Gasteiger partial charge in [0.15, 0.2) is 0 Å². The summed E-state index contributed by atoms with van der Waals surface area (Å²) < 4.78 is 26.3. The van der Waals surface area contributed by atoms with Crippen molar-refractivity contribution in [2.24, 2.45) is 0 Å². The van der Waals surface area contributed by atoms with Crippen LogP contribution in [0.25, 0.3) is 49.7 Å². The normalized spacial score (nSPS) is 11.7. The number of rotatable bonds is 2. The Balaban J connectivity index is 1.56. The third-order valence-corrected chi connectivity index (χ3v) is 6.57. The van der Waals surface area contributed by atoms with Crippen LogP contribution >= 0.6 is 27.7 Å². The van der Waals surface area contributed by atoms with Crippen molar-refractivity contribution in [3.63, 3.8) is 0 Å². The summed E-state index contributed by atoms with van der Waals surface area (Å²) in [5.41, 5.74) is 5.85. The molecule has 4 aromatic carbocycles. The Labute approximate surface area is 183 Å². The number of halogens is 2. The maximum absolute atomic E-state index is 14.8. The van der Waals surface area contributed by atoms with Gasteiger partial charge >= 0.3 is 0 Å². The van der Waals surface area contributed by atoms with Crippen molar-refractivity contribution in [3.8, 4) is 16.8 Å². The highest BCUT2D eigenvalue weighted by molar-refractivity contribution is 9.10. The van der Waals surface area contributed by atoms with Crippen LogP contribution in [0.5, 0.6) is 0 Å². The number of hydrogen-bond donors (Lipinski definition) is 0. The maximum atomic E-state index is 14.8. The van der Waals surface area contributed by atoms with Crippen molar-refractivity contribution in [3.05, 3.63) is 89.2 Å². The Morgan fingerprint density at radius 1 is 0.767 bits per heavy atom. The lowest BCUT2D eigenvalue weighted by molar-refractivity contribution is 0.632. The van der Waals surface area contributed by atoms with Gasteiger partial charge < -0.3 is 4.57 Å². The lowest BCUT2D eigenvalue weighted by Crippen LogP contribution is -1.94. The summed E-state index contributed by atoms with van der Waals surface area (Å²) in [6.45, 7) is 0. The second-order valence-electron chi connectivity index (χ2n) is 7.09. The fraction of sp³-hybridized carbons (Fsp3) is 0. The van der Waals surface area contributed by atoms with Gasteiger partial charge in [-0.25, -0.2) is 4.39 Å². The molecule has 30 heavy (non-hydrogen) atoms. The molecule has 0 atom stereocenters. The summed E-state index contributed by atoms with van der Waals surface area (Å²) >= 11 is 4.47. The van der Waals surface area contributed by atoms with Crippen LogP contribution < -0.4 is 0 Å². The summed E-state index contributed by atoms with van der Waals surface area (Å²) in [6.07, 6.45) is 0. The fourth-order valence-corrected chi connectivity index (χ4v) is 5.29. The van der Waals surface area contributed by atoms with Crippen molar-refractivity contribution in [1.82, 2.24) is 13.3 Å². The predicted molar refractivity (Wildman–Crippen MR) is 125 cm³/mol. The van der Waals surface area contributed by atoms with Gasteiger partial charge in [-0.1, -0.05) is 48.5 Å². The van der Waals surface area contributed by atoms with Crippen molar-refractivity contribution in [1.29, 1.82) is 0 Å². The van der Waals surface area contributed by atoms with Crippen LogP contribution in [0.3, 0.4) is 0 Å². The lowest BCUT2D eigenvalue weighted by Gasteiger charge is -2.10. The minimum Gasteiger partial charge on any atom is -0.309 e. The minimum absolute atomic E-state index is 0.313. The zero-order valence-electron chi connectivity index (χ0n) is 15.5. The standard InChI is InChI=1S/C24H13BrFN3S/c25-18-13-19(26)22(24-23(18)27-30-28-24)14-9-11-15(12-10-14)29-20-7-3-1-5-16(20)17-6-2-4-8-21(17)29/h1-13H. The largest absolute Gasteiger partial charge is 0.309 e. The van der Waals surface area contributed by atoms with Crippen LogP contribution in [0.2, 0.25) is 0 Å². The third kappa shape index (κ3) is 2.54. The van der Waals surface area contributed by atoms with Gasteiger partial charge in [0.05, 0.1) is 22.8 Å². The quantitative estimate of drug-likeness (QED) is 0.263. The Morgan fingerprint density at radius 3 is 2.03 bits per heavy atom. The van der Waals surface area contributed by atoms with E-state index in [1.165, 1.54) is 16.8 Å². The van der Waals surface area contributed by atoms with Crippen molar-refractivity contribution in [2.75, 3.05) is 0 Å². The first kappa shape index (κ1) is 17.7. The Kier molecular flexibility index (Phi) is 3.97. The smallest absolute Gasteiger partial charge is 0.134 e. The van der Waals surface area contributed by atoms with Crippen molar-refractivity contribution < 1.29 is 4.39 Å². The second-order valence-corrected chi connectivity index (χ2v) is 8.48. The Morgan fingerprint density at radius 2 is 1.37 bits per heavy atom. The van der Waals surface area contributed by atoms with Gasteiger partial charge in [0.25, 0.3) is 0 Å². The first-order chi connectivity index (χ1) is 14.7. The highest BCUT2D eigenvalue weighted by Crippen LogP contribution is 2.36. The SMILES string of the molecule is Fc1cc(Br)c2nsnc2c1-c1ccc(-n2c3ccccc3c3ccccc32)cc1. The summed E-state index contributed by atoms with van der Waals surface area (Å²) in [7, 11) is 0. The molecule has 0 bridgehead atoms. The molecule has 6 heteroatoms. The molecule has 2 aromatic heterocycles. The average molecular weight is 474 g/mol. The average Bonchev–Trinajstić information content (AvgIpc) is 3.38. The van der Waals surface area contributed by atoms with E-state index < -0.39 is 0 Å². The molecule has 0 amide bonds. The van der Waals surface area contributed by atoms with Crippen LogP contribution in [0.15, 0.2) is 83.3 Å². The Bertz CT molecular complexity index is 1510. The van der Waals surface area contributed by atoms with Gasteiger partial charge in [-0.2, -0.15) is 8.75 Å². The molecular formula is C24H13BrFN3S. The molecule has 2 heterocycles. The van der Waals surface area contributed by atoms with E-state index in [4.69, 9.17) is 0 Å². The van der Waals surface area contributed by atoms with Gasteiger partial charge in [0.1, 0.15) is 16.9 Å². The van der Waals surface area contributed by atoms with Gasteiger partial charge in [-0.15, -0.1) is 0 Å². The lowest BCUT2D eigenvalue weighted by atomic mass is 10.0. The number of nitrogens with zero attached hydrogens (tertiary/aromatic N) is 3. The van der Waals surface area contributed by atoms with Gasteiger partial charge in [-0.05, 0) is 51.8 Å². The van der Waals surface area contributed by atoms with Crippen LogP contribution in [-0.4, -0.2) is 13.3 Å². The molecule has 0 unspecified atom stereocenters. The maximum Gasteiger partial charge on any atom is 0.134 e. The van der Waals surface area contributed by atoms with E-state index in [1.54, 1.807) is 0 Å². The van der Waals surface area contributed by atoms with E-state index in [-0.39, 0.29) is 5.82 Å². The van der Waals surface area contributed by atoms with Crippen molar-refractivity contribution in [2.45, 2.75) is 0 Å². The fourth-order valence-electron chi connectivity index (χ4n) is 4.13. The molecule has 6 rings (SSSR count). The molecule has 0 saturated carbocycles. The molecule has 0 aliphatic heterocycles. The zero-order valence-corrected chi connectivity index (χ0v) is 17.9. The Hall–Kier alpha value is -3.09. The van der Waals surface area contributed by atoms with Gasteiger partial charge in [0.2, 0.25) is 0 Å². The summed E-state index contributed by atoms with van der Waals surface area (Å²) in [5.74, 6) is -0.313. The summed E-state index contributed by atoms with van der Waals surface area (Å²) in [4.78, 5) is 0. The number of hydrogen-bond acceptors (Lipinski definition) is 3. The highest BCUT2D eigenvalue weighted by Gasteiger charge is 2.17. The molecule has 0 spiro atoms. The van der Waals surface area contributed by atoms with Crippen LogP contribution in [0.1, 0.15) is 0 Å². The second kappa shape index (κ2) is 6.72. The first-order valence-electron chi connectivity index (χ1n) is 9.41. The topological polar surface area (TPSA) is 30.7 Å². The van der Waals surface area contributed by atoms with E-state index in [9.17, 15) is 4.39 Å². The predicted octanol–water partition coefficient (Wildman–Crippen LogP) is 7.36. The van der Waals surface area contributed by atoms with E-state index in [0.717, 1.165) is 34.0 Å². The van der Waals surface area contributed by atoms with Gasteiger partial charge in [-0.3, -0.25) is 0 Å². The number of benzene rings is 4. The van der Waals surface area contributed by atoms with E-state index >= 15 is 0 Å². The molecule has 0 fully saturated rings. The molecule has 6 aromatic rings. The molecule has 0 saturated heterocycles. The molecule has 0 aliphatic rings. The van der Waals surface area contributed by atoms with Crippen LogP contribution in [0.4, 0.5) is 4.39 Å². The molecule has 0 aliphatic carbocycles. The summed E-state index contributed by atoms with van der Waals surface area (Å²) in [5, 5.41) is 2.43. The number of para-hydroxylation sites is 2. The van der Waals surface area contributed by atoms with Crippen molar-refractivity contribution >= 4 is 60.5 Å². The van der Waals surface area contributed by atoms with Crippen LogP contribution in [0, 0.1) is 5.82 Å². The number of aromatic nitrogens is 3. The highest BCUT2D eigenvalue weighted by atomic mass is 79.9. The molecule has 0 radical (unpaired) electrons. The molecular weight excluding hydrogens is 461 g/mol. The van der Waals surface area contributed by atoms with Gasteiger partial charge in [0, 0.05) is 26.5 Å². The summed E-state index contributed by atoms with van der Waals surface area (Å²) in [6, 6.07) is 26.2. The molecule has 0 N–H and O–H groups in total.